The summed E-state index contributed by atoms with van der Waals surface area (Å²) in [5, 5.41) is 3.46. The number of guanidine groups is 1. The molecule has 1 aromatic carbocycles. The van der Waals surface area contributed by atoms with Gasteiger partial charge in [0.2, 0.25) is 5.91 Å². The van der Waals surface area contributed by atoms with Crippen LogP contribution in [0.15, 0.2) is 29.3 Å². The van der Waals surface area contributed by atoms with Gasteiger partial charge in [0, 0.05) is 26.7 Å². The first-order valence-electron chi connectivity index (χ1n) is 10.8. The molecule has 0 radical (unpaired) electrons. The molecule has 0 saturated carbocycles. The van der Waals surface area contributed by atoms with Gasteiger partial charge in [-0.2, -0.15) is 0 Å². The number of carbonyl (C=O) groups is 1. The quantitative estimate of drug-likeness (QED) is 0.417. The summed E-state index contributed by atoms with van der Waals surface area (Å²) in [6.07, 6.45) is 2.82. The van der Waals surface area contributed by atoms with E-state index in [1.165, 1.54) is 12.1 Å². The van der Waals surface area contributed by atoms with Gasteiger partial charge in [-0.1, -0.05) is 12.1 Å². The SMILES string of the molecule is CN=C(NCCCN1CCCC(C(N)=O)C1)N1CC(C)OC(c2ccc(F)cc2)C1. The van der Waals surface area contributed by atoms with Crippen LogP contribution in [0.4, 0.5) is 4.39 Å². The molecule has 0 aromatic heterocycles. The Morgan fingerprint density at radius 3 is 2.77 bits per heavy atom. The minimum absolute atomic E-state index is 0.0160. The first-order valence-corrected chi connectivity index (χ1v) is 10.8. The van der Waals surface area contributed by atoms with Crippen LogP contribution in [0, 0.1) is 11.7 Å². The first kappa shape index (κ1) is 22.5. The average molecular weight is 420 g/mol. The minimum atomic E-state index is -0.243. The van der Waals surface area contributed by atoms with Gasteiger partial charge >= 0.3 is 0 Å². The number of morpholine rings is 1. The Labute approximate surface area is 178 Å². The number of hydrogen-bond donors (Lipinski definition) is 2. The van der Waals surface area contributed by atoms with Gasteiger partial charge in [0.05, 0.1) is 18.6 Å². The molecule has 2 aliphatic rings. The summed E-state index contributed by atoms with van der Waals surface area (Å²) in [6, 6.07) is 6.51. The lowest BCUT2D eigenvalue weighted by Crippen LogP contribution is -2.51. The van der Waals surface area contributed by atoms with E-state index in [9.17, 15) is 9.18 Å². The third-order valence-corrected chi connectivity index (χ3v) is 5.86. The maximum atomic E-state index is 13.3. The number of hydrogen-bond acceptors (Lipinski definition) is 4. The Morgan fingerprint density at radius 1 is 1.30 bits per heavy atom. The number of piperidine rings is 1. The van der Waals surface area contributed by atoms with E-state index in [4.69, 9.17) is 10.5 Å². The zero-order chi connectivity index (χ0) is 21.5. The molecule has 0 aliphatic carbocycles. The number of benzene rings is 1. The number of amides is 1. The normalized spacial score (nSPS) is 25.9. The Balaban J connectivity index is 1.48. The number of rotatable bonds is 6. The van der Waals surface area contributed by atoms with Crippen LogP contribution < -0.4 is 11.1 Å². The second-order valence-corrected chi connectivity index (χ2v) is 8.26. The number of nitrogens with zero attached hydrogens (tertiary/aromatic N) is 3. The van der Waals surface area contributed by atoms with Crippen molar-refractivity contribution >= 4 is 11.9 Å². The van der Waals surface area contributed by atoms with Crippen LogP contribution in [-0.2, 0) is 9.53 Å². The number of primary amides is 1. The van der Waals surface area contributed by atoms with E-state index in [-0.39, 0.29) is 29.9 Å². The molecule has 3 atom stereocenters. The topological polar surface area (TPSA) is 83.2 Å². The second kappa shape index (κ2) is 10.7. The molecule has 8 heteroatoms. The Bertz CT molecular complexity index is 727. The summed E-state index contributed by atoms with van der Waals surface area (Å²) in [5.74, 6) is 0.409. The van der Waals surface area contributed by atoms with Gasteiger partial charge in [-0.05, 0) is 57.0 Å². The Kier molecular flexibility index (Phi) is 8.04. The van der Waals surface area contributed by atoms with Crippen molar-refractivity contribution in [2.24, 2.45) is 16.6 Å². The molecule has 3 N–H and O–H groups in total. The average Bonchev–Trinajstić information content (AvgIpc) is 2.74. The van der Waals surface area contributed by atoms with Crippen molar-refractivity contribution in [2.75, 3.05) is 46.3 Å². The highest BCUT2D eigenvalue weighted by Gasteiger charge is 2.28. The number of halogens is 1. The van der Waals surface area contributed by atoms with Crippen LogP contribution >= 0.6 is 0 Å². The molecule has 2 fully saturated rings. The van der Waals surface area contributed by atoms with Crippen molar-refractivity contribution < 1.29 is 13.9 Å². The van der Waals surface area contributed by atoms with Crippen molar-refractivity contribution in [1.29, 1.82) is 0 Å². The fourth-order valence-electron chi connectivity index (χ4n) is 4.31. The lowest BCUT2D eigenvalue weighted by atomic mass is 9.97. The van der Waals surface area contributed by atoms with Gasteiger partial charge in [-0.25, -0.2) is 4.39 Å². The van der Waals surface area contributed by atoms with Crippen LogP contribution in [0.25, 0.3) is 0 Å². The van der Waals surface area contributed by atoms with Gasteiger partial charge in [0.25, 0.3) is 0 Å². The first-order chi connectivity index (χ1) is 14.5. The molecule has 1 amide bonds. The largest absolute Gasteiger partial charge is 0.369 e. The fraction of sp³-hybridized carbons (Fsp3) is 0.636. The molecule has 1 aromatic rings. The number of likely N-dealkylation sites (tertiary alicyclic amines) is 1. The summed E-state index contributed by atoms with van der Waals surface area (Å²) in [5.41, 5.74) is 6.44. The Hall–Kier alpha value is -2.19. The smallest absolute Gasteiger partial charge is 0.221 e. The van der Waals surface area contributed by atoms with E-state index in [0.717, 1.165) is 63.5 Å². The maximum absolute atomic E-state index is 13.3. The summed E-state index contributed by atoms with van der Waals surface area (Å²) < 4.78 is 19.3. The monoisotopic (exact) mass is 419 g/mol. The molecular weight excluding hydrogens is 385 g/mol. The lowest BCUT2D eigenvalue weighted by Gasteiger charge is -2.38. The predicted octanol–water partition coefficient (Wildman–Crippen LogP) is 1.75. The standard InChI is InChI=1S/C22H34FN5O2/c1-16-13-28(15-20(30-16)17-6-8-19(23)9-7-17)22(25-2)26-10-4-12-27-11-3-5-18(14-27)21(24)29/h6-9,16,18,20H,3-5,10-15H2,1-2H3,(H2,24,29)(H,25,26). The molecular formula is C22H34FN5O2. The summed E-state index contributed by atoms with van der Waals surface area (Å²) in [7, 11) is 1.79. The lowest BCUT2D eigenvalue weighted by molar-refractivity contribution is -0.123. The third kappa shape index (κ3) is 6.15. The second-order valence-electron chi connectivity index (χ2n) is 8.26. The number of ether oxygens (including phenoxy) is 1. The van der Waals surface area contributed by atoms with Gasteiger partial charge in [0.1, 0.15) is 11.9 Å². The molecule has 3 rings (SSSR count). The molecule has 2 heterocycles. The molecule has 0 spiro atoms. The van der Waals surface area contributed by atoms with Crippen LogP contribution in [0.3, 0.4) is 0 Å². The number of aliphatic imine (C=N–C) groups is 1. The fourth-order valence-corrected chi connectivity index (χ4v) is 4.31. The Morgan fingerprint density at radius 2 is 2.07 bits per heavy atom. The molecule has 2 saturated heterocycles. The van der Waals surface area contributed by atoms with Crippen LogP contribution in [-0.4, -0.2) is 74.1 Å². The third-order valence-electron chi connectivity index (χ3n) is 5.86. The van der Waals surface area contributed by atoms with E-state index < -0.39 is 0 Å². The number of nitrogens with one attached hydrogen (secondary N) is 1. The van der Waals surface area contributed by atoms with E-state index in [1.54, 1.807) is 19.2 Å². The summed E-state index contributed by atoms with van der Waals surface area (Å²) in [6.45, 7) is 7.00. The molecule has 2 aliphatic heterocycles. The molecule has 7 nitrogen and oxygen atoms in total. The highest BCUT2D eigenvalue weighted by atomic mass is 19.1. The van der Waals surface area contributed by atoms with Crippen molar-refractivity contribution in [3.05, 3.63) is 35.6 Å². The van der Waals surface area contributed by atoms with E-state index in [2.05, 4.69) is 20.1 Å². The van der Waals surface area contributed by atoms with Gasteiger partial charge in [-0.3, -0.25) is 9.79 Å². The maximum Gasteiger partial charge on any atom is 0.221 e. The zero-order valence-corrected chi connectivity index (χ0v) is 18.0. The van der Waals surface area contributed by atoms with Gasteiger partial charge in [0.15, 0.2) is 5.96 Å². The van der Waals surface area contributed by atoms with Crippen molar-refractivity contribution in [3.63, 3.8) is 0 Å². The van der Waals surface area contributed by atoms with E-state index >= 15 is 0 Å². The van der Waals surface area contributed by atoms with Crippen molar-refractivity contribution in [3.8, 4) is 0 Å². The van der Waals surface area contributed by atoms with Gasteiger partial charge in [-0.15, -0.1) is 0 Å². The van der Waals surface area contributed by atoms with Crippen molar-refractivity contribution in [1.82, 2.24) is 15.1 Å². The molecule has 30 heavy (non-hydrogen) atoms. The summed E-state index contributed by atoms with van der Waals surface area (Å²) >= 11 is 0. The van der Waals surface area contributed by atoms with E-state index in [0.29, 0.717) is 6.54 Å². The molecule has 0 bridgehead atoms. The number of carbonyl (C=O) groups excluding carboxylic acids is 1. The highest BCUT2D eigenvalue weighted by Crippen LogP contribution is 2.25. The minimum Gasteiger partial charge on any atom is -0.369 e. The summed E-state index contributed by atoms with van der Waals surface area (Å²) in [4.78, 5) is 20.4. The number of nitrogens with two attached hydrogens (primary N) is 1. The van der Waals surface area contributed by atoms with Crippen LogP contribution in [0.1, 0.15) is 37.9 Å². The molecule has 166 valence electrons. The predicted molar refractivity (Wildman–Crippen MR) is 116 cm³/mol. The van der Waals surface area contributed by atoms with Crippen molar-refractivity contribution in [2.45, 2.75) is 38.4 Å². The van der Waals surface area contributed by atoms with Crippen LogP contribution in [0.5, 0.6) is 0 Å². The van der Waals surface area contributed by atoms with E-state index in [1.807, 2.05) is 6.92 Å². The van der Waals surface area contributed by atoms with Gasteiger partial charge < -0.3 is 25.6 Å². The zero-order valence-electron chi connectivity index (χ0n) is 18.0. The molecule has 3 unspecified atom stereocenters. The highest BCUT2D eigenvalue weighted by molar-refractivity contribution is 5.80. The van der Waals surface area contributed by atoms with Crippen LogP contribution in [0.2, 0.25) is 0 Å².